The van der Waals surface area contributed by atoms with Crippen molar-refractivity contribution in [1.82, 2.24) is 0 Å². The molecule has 0 aromatic heterocycles. The summed E-state index contributed by atoms with van der Waals surface area (Å²) in [6.45, 7) is 0. The van der Waals surface area contributed by atoms with Crippen LogP contribution < -0.4 is 12.4 Å². The Balaban J connectivity index is 0. The van der Waals surface area contributed by atoms with E-state index in [0.29, 0.717) is 0 Å². The summed E-state index contributed by atoms with van der Waals surface area (Å²) in [5, 5.41) is 8.69. The van der Waals surface area contributed by atoms with Crippen LogP contribution in [0.4, 0.5) is 0 Å². The largest absolute Gasteiger partial charge is 1.00 e. The maximum absolute atomic E-state index is 8.69. The number of hydrogen-bond acceptors (Lipinski definition) is 2. The van der Waals surface area contributed by atoms with E-state index in [1.165, 1.54) is 0 Å². The average molecular weight is 137 g/mol. The molecule has 0 aromatic rings. The van der Waals surface area contributed by atoms with Gasteiger partial charge in [-0.3, -0.25) is 0 Å². The van der Waals surface area contributed by atoms with Crippen LogP contribution in [0.3, 0.4) is 0 Å². The van der Waals surface area contributed by atoms with Gasteiger partial charge in [-0.15, -0.1) is 0 Å². The van der Waals surface area contributed by atoms with Gasteiger partial charge in [0.15, 0.2) is 0 Å². The zero-order valence-electron chi connectivity index (χ0n) is 2.00. The standard InChI is InChI=1S/ClH.Fe.NO2/c;;2-1-3/h1H;;/q;+1;/p-1. The molecule has 0 aliphatic rings. The van der Waals surface area contributed by atoms with Crippen molar-refractivity contribution in [3.8, 4) is 0 Å². The fraction of sp³-hybridized carbons (Fsp3) is 0. The minimum Gasteiger partial charge on any atom is -1.00 e. The van der Waals surface area contributed by atoms with Gasteiger partial charge in [-0.25, -0.2) is 0 Å². The Bertz CT molecular complexity index is 32.6. The second-order valence-corrected chi connectivity index (χ2v) is 0.607. The van der Waals surface area contributed by atoms with Crippen LogP contribution in [-0.2, 0) is 16.2 Å². The molecule has 5 heteroatoms. The Labute approximate surface area is 43.3 Å². The maximum Gasteiger partial charge on any atom is -1.00 e. The zero-order valence-corrected chi connectivity index (χ0v) is 3.86. The monoisotopic (exact) mass is 137 g/mol. The van der Waals surface area contributed by atoms with Gasteiger partial charge in [-0.1, -0.05) is 0 Å². The third-order valence-corrected chi connectivity index (χ3v) is 0. The van der Waals surface area contributed by atoms with Gasteiger partial charge in [0.25, 0.3) is 0 Å². The van der Waals surface area contributed by atoms with Gasteiger partial charge in [0.1, 0.15) is 0 Å². The smallest absolute Gasteiger partial charge is 1.00 e. The Kier molecular flexibility index (Phi) is 7.54. The van der Waals surface area contributed by atoms with Crippen molar-refractivity contribution in [2.24, 2.45) is 0 Å². The summed E-state index contributed by atoms with van der Waals surface area (Å²) in [7, 11) is 0. The van der Waals surface area contributed by atoms with E-state index < -0.39 is 3.94 Å². The summed E-state index contributed by atoms with van der Waals surface area (Å²) in [6.07, 6.45) is 0. The van der Waals surface area contributed by atoms with E-state index in [-0.39, 0.29) is 12.4 Å². The fourth-order valence-corrected chi connectivity index (χ4v) is 0. The first-order chi connectivity index (χ1) is 1.73. The van der Waals surface area contributed by atoms with Gasteiger partial charge < -0.3 is 12.4 Å². The van der Waals surface area contributed by atoms with Crippen molar-refractivity contribution < 1.29 is 32.6 Å². The third-order valence-electron chi connectivity index (χ3n) is 0. The topological polar surface area (TPSA) is 43.1 Å². The summed E-state index contributed by atoms with van der Waals surface area (Å²) in [6, 6.07) is 0. The second-order valence-electron chi connectivity index (χ2n) is 0.204. The second kappa shape index (κ2) is 4.21. The van der Waals surface area contributed by atoms with E-state index in [4.69, 9.17) is 10.1 Å². The van der Waals surface area contributed by atoms with Crippen LogP contribution in [0.15, 0.2) is 0 Å². The molecule has 0 aliphatic carbocycles. The molecule has 0 rings (SSSR count). The van der Waals surface area contributed by atoms with Gasteiger partial charge in [0.2, 0.25) is 0 Å². The first kappa shape index (κ1) is 8.96. The van der Waals surface area contributed by atoms with Gasteiger partial charge in [0, 0.05) is 0 Å². The number of hydrogen-bond donors (Lipinski definition) is 0. The van der Waals surface area contributed by atoms with Crippen molar-refractivity contribution in [3.05, 3.63) is 10.1 Å². The minimum absolute atomic E-state index is 0. The van der Waals surface area contributed by atoms with E-state index >= 15 is 0 Å². The quantitative estimate of drug-likeness (QED) is 0.200. The van der Waals surface area contributed by atoms with Crippen LogP contribution in [0.1, 0.15) is 0 Å². The minimum atomic E-state index is -0.750. The molecule has 0 heterocycles. The van der Waals surface area contributed by atoms with Crippen molar-refractivity contribution in [3.63, 3.8) is 0 Å². The van der Waals surface area contributed by atoms with Crippen molar-refractivity contribution in [2.75, 3.05) is 0 Å². The third kappa shape index (κ3) is 468. The van der Waals surface area contributed by atoms with Crippen molar-refractivity contribution in [1.29, 1.82) is 0 Å². The molecule has 0 bridgehead atoms. The predicted molar refractivity (Wildman–Crippen MR) is 6.99 cm³/mol. The number of nitrogens with zero attached hydrogens (tertiary/aromatic N) is 1. The molecule has 0 saturated heterocycles. The summed E-state index contributed by atoms with van der Waals surface area (Å²) < 4.78 is -0.750. The summed E-state index contributed by atoms with van der Waals surface area (Å²) in [5.74, 6) is 0. The van der Waals surface area contributed by atoms with Crippen LogP contribution in [0, 0.1) is 10.1 Å². The SMILES string of the molecule is O=[N+]([O-])[Fe+].[Cl-]. The molecule has 0 amide bonds. The van der Waals surface area contributed by atoms with Gasteiger partial charge in [0.05, 0.1) is 0 Å². The number of nitro groups is 1. The summed E-state index contributed by atoms with van der Waals surface area (Å²) in [5.41, 5.74) is 0. The molecule has 0 unspecified atom stereocenters. The number of halogens is 1. The first-order valence-corrected chi connectivity index (χ1v) is 1.02. The molecule has 0 aliphatic heterocycles. The summed E-state index contributed by atoms with van der Waals surface area (Å²) in [4.78, 5) is 8.69. The Morgan fingerprint density at radius 3 is 1.80 bits per heavy atom. The predicted octanol–water partition coefficient (Wildman–Crippen LogP) is -3.27. The van der Waals surface area contributed by atoms with E-state index in [9.17, 15) is 0 Å². The summed E-state index contributed by atoms with van der Waals surface area (Å²) >= 11 is 2.36. The zero-order chi connectivity index (χ0) is 3.58. The van der Waals surface area contributed by atoms with Gasteiger partial charge in [-0.05, 0) is 0 Å². The molecule has 0 atom stereocenters. The Hall–Kier alpha value is 0.209. The molecule has 5 heavy (non-hydrogen) atoms. The number of rotatable bonds is 0. The van der Waals surface area contributed by atoms with Crippen molar-refractivity contribution >= 4 is 0 Å². The molecular weight excluding hydrogens is 137 g/mol. The molecule has 3 nitrogen and oxygen atoms in total. The van der Waals surface area contributed by atoms with Crippen molar-refractivity contribution in [2.45, 2.75) is 0 Å². The molecule has 0 radical (unpaired) electrons. The Morgan fingerprint density at radius 2 is 1.80 bits per heavy atom. The van der Waals surface area contributed by atoms with E-state index in [1.807, 2.05) is 0 Å². The van der Waals surface area contributed by atoms with E-state index in [2.05, 4.69) is 16.2 Å². The molecule has 0 N–H and O–H groups in total. The van der Waals surface area contributed by atoms with Crippen LogP contribution in [-0.4, -0.2) is 3.94 Å². The van der Waals surface area contributed by atoms with Gasteiger partial charge in [-0.2, -0.15) is 0 Å². The fourth-order valence-electron chi connectivity index (χ4n) is 0. The molecular formula is ClFeNO2. The molecule has 0 saturated carbocycles. The molecule has 0 spiro atoms. The van der Waals surface area contributed by atoms with Crippen LogP contribution in [0.5, 0.6) is 0 Å². The maximum atomic E-state index is 8.69. The van der Waals surface area contributed by atoms with E-state index in [1.54, 1.807) is 0 Å². The first-order valence-electron chi connectivity index (χ1n) is 0.523. The molecule has 0 fully saturated rings. The van der Waals surface area contributed by atoms with Gasteiger partial charge >= 0.3 is 30.3 Å². The van der Waals surface area contributed by atoms with Crippen LogP contribution >= 0.6 is 0 Å². The normalized spacial score (nSPS) is 5.00. The average Bonchev–Trinajstić information content (AvgIpc) is 0.811. The molecule has 0 aromatic carbocycles. The molecule has 32 valence electrons. The van der Waals surface area contributed by atoms with Crippen LogP contribution in [0.25, 0.3) is 0 Å². The van der Waals surface area contributed by atoms with E-state index in [0.717, 1.165) is 0 Å². The van der Waals surface area contributed by atoms with Crippen LogP contribution in [0.2, 0.25) is 0 Å². The Morgan fingerprint density at radius 1 is 1.80 bits per heavy atom.